The van der Waals surface area contributed by atoms with Crippen molar-refractivity contribution in [3.8, 4) is 11.4 Å². The second-order valence-electron chi connectivity index (χ2n) is 7.42. The molecule has 2 nitrogen and oxygen atoms in total. The van der Waals surface area contributed by atoms with Crippen LogP contribution in [0.15, 0.2) is 30.6 Å². The minimum atomic E-state index is -0.808. The highest BCUT2D eigenvalue weighted by Gasteiger charge is 2.09. The highest BCUT2D eigenvalue weighted by Crippen LogP contribution is 2.21. The van der Waals surface area contributed by atoms with Crippen LogP contribution in [0.5, 0.6) is 0 Å². The molecule has 1 aromatic carbocycles. The maximum atomic E-state index is 14.4. The number of aryl methyl sites for hydroxylation is 2. The van der Waals surface area contributed by atoms with E-state index in [2.05, 4.69) is 16.9 Å². The third kappa shape index (κ3) is 7.74. The summed E-state index contributed by atoms with van der Waals surface area (Å²) in [5.74, 6) is 0.104. The summed E-state index contributed by atoms with van der Waals surface area (Å²) in [6, 6.07) is 5.13. The van der Waals surface area contributed by atoms with Crippen LogP contribution >= 0.6 is 0 Å². The first-order valence-electron chi connectivity index (χ1n) is 10.3. The number of rotatable bonds is 12. The van der Waals surface area contributed by atoms with Gasteiger partial charge < -0.3 is 0 Å². The standard InChI is InChI=1S/C23H32F2N2/c1-3-4-5-6-7-8-11-20-16-26-23(27-17-20)21-14-13-19(15-22(21)25)12-9-10-18(2)24/h13-18H,3-12H2,1-2H3. The Bertz CT molecular complexity index is 669. The predicted octanol–water partition coefficient (Wildman–Crippen LogP) is 6.87. The Morgan fingerprint density at radius 2 is 1.56 bits per heavy atom. The Hall–Kier alpha value is -1.84. The van der Waals surface area contributed by atoms with Gasteiger partial charge in [0.2, 0.25) is 0 Å². The van der Waals surface area contributed by atoms with E-state index in [0.717, 1.165) is 30.4 Å². The number of hydrogen-bond donors (Lipinski definition) is 0. The maximum absolute atomic E-state index is 14.4. The summed E-state index contributed by atoms with van der Waals surface area (Å²) in [5, 5.41) is 0. The van der Waals surface area contributed by atoms with E-state index in [0.29, 0.717) is 24.2 Å². The highest BCUT2D eigenvalue weighted by atomic mass is 19.1. The molecule has 0 radical (unpaired) electrons. The topological polar surface area (TPSA) is 25.8 Å². The van der Waals surface area contributed by atoms with Gasteiger partial charge in [0.05, 0.1) is 11.7 Å². The van der Waals surface area contributed by atoms with E-state index in [4.69, 9.17) is 0 Å². The Morgan fingerprint density at radius 3 is 2.22 bits per heavy atom. The molecule has 1 aromatic heterocycles. The number of aromatic nitrogens is 2. The molecule has 2 aromatic rings. The van der Waals surface area contributed by atoms with Crippen molar-refractivity contribution in [3.63, 3.8) is 0 Å². The van der Waals surface area contributed by atoms with Gasteiger partial charge in [0.25, 0.3) is 0 Å². The molecular weight excluding hydrogens is 342 g/mol. The first kappa shape index (κ1) is 21.5. The van der Waals surface area contributed by atoms with E-state index in [9.17, 15) is 8.78 Å². The van der Waals surface area contributed by atoms with Gasteiger partial charge in [-0.1, -0.05) is 45.1 Å². The lowest BCUT2D eigenvalue weighted by molar-refractivity contribution is 0.334. The summed E-state index contributed by atoms with van der Waals surface area (Å²) in [7, 11) is 0. The fourth-order valence-corrected chi connectivity index (χ4v) is 3.22. The summed E-state index contributed by atoms with van der Waals surface area (Å²) in [5.41, 5.74) is 2.41. The number of hydrogen-bond acceptors (Lipinski definition) is 2. The second kappa shape index (κ2) is 11.8. The van der Waals surface area contributed by atoms with Crippen LogP contribution in [-0.2, 0) is 12.8 Å². The third-order valence-corrected chi connectivity index (χ3v) is 4.87. The molecule has 4 heteroatoms. The summed E-state index contributed by atoms with van der Waals surface area (Å²) < 4.78 is 27.3. The molecule has 0 saturated carbocycles. The van der Waals surface area contributed by atoms with Gasteiger partial charge in [-0.3, -0.25) is 0 Å². The fourth-order valence-electron chi connectivity index (χ4n) is 3.22. The van der Waals surface area contributed by atoms with Gasteiger partial charge in [-0.25, -0.2) is 18.7 Å². The largest absolute Gasteiger partial charge is 0.248 e. The molecule has 0 aliphatic carbocycles. The van der Waals surface area contributed by atoms with Crippen LogP contribution in [0, 0.1) is 5.82 Å². The molecule has 0 amide bonds. The molecule has 148 valence electrons. The van der Waals surface area contributed by atoms with Crippen LogP contribution in [0.3, 0.4) is 0 Å². The van der Waals surface area contributed by atoms with Gasteiger partial charge in [-0.2, -0.15) is 0 Å². The average Bonchev–Trinajstić information content (AvgIpc) is 2.65. The number of nitrogens with zero attached hydrogens (tertiary/aromatic N) is 2. The van der Waals surface area contributed by atoms with Gasteiger partial charge in [0.15, 0.2) is 5.82 Å². The number of alkyl halides is 1. The van der Waals surface area contributed by atoms with Crippen LogP contribution in [0.1, 0.15) is 76.3 Å². The van der Waals surface area contributed by atoms with Crippen LogP contribution < -0.4 is 0 Å². The predicted molar refractivity (Wildman–Crippen MR) is 108 cm³/mol. The molecular formula is C23H32F2N2. The van der Waals surface area contributed by atoms with Crippen molar-refractivity contribution in [2.45, 2.75) is 84.2 Å². The average molecular weight is 375 g/mol. The molecule has 1 atom stereocenters. The minimum absolute atomic E-state index is 0.315. The van der Waals surface area contributed by atoms with E-state index >= 15 is 0 Å². The summed E-state index contributed by atoms with van der Waals surface area (Å²) in [6.07, 6.45) is 13.3. The normalized spacial score (nSPS) is 12.3. The smallest absolute Gasteiger partial charge is 0.162 e. The lowest BCUT2D eigenvalue weighted by atomic mass is 10.0. The Kier molecular flexibility index (Phi) is 9.37. The monoisotopic (exact) mass is 374 g/mol. The van der Waals surface area contributed by atoms with Crippen molar-refractivity contribution in [2.24, 2.45) is 0 Å². The molecule has 0 fully saturated rings. The Labute approximate surface area is 162 Å². The van der Waals surface area contributed by atoms with Crippen molar-refractivity contribution in [1.29, 1.82) is 0 Å². The Morgan fingerprint density at radius 1 is 0.889 bits per heavy atom. The van der Waals surface area contributed by atoms with E-state index in [1.807, 2.05) is 18.5 Å². The van der Waals surface area contributed by atoms with E-state index < -0.39 is 6.17 Å². The van der Waals surface area contributed by atoms with Crippen molar-refractivity contribution in [3.05, 3.63) is 47.5 Å². The van der Waals surface area contributed by atoms with E-state index in [1.54, 1.807) is 13.0 Å². The molecule has 1 heterocycles. The number of halogens is 2. The van der Waals surface area contributed by atoms with Crippen molar-refractivity contribution < 1.29 is 8.78 Å². The summed E-state index contributed by atoms with van der Waals surface area (Å²) >= 11 is 0. The van der Waals surface area contributed by atoms with E-state index in [1.165, 1.54) is 38.2 Å². The maximum Gasteiger partial charge on any atom is 0.162 e. The zero-order chi connectivity index (χ0) is 19.5. The molecule has 0 bridgehead atoms. The zero-order valence-electron chi connectivity index (χ0n) is 16.7. The van der Waals surface area contributed by atoms with Gasteiger partial charge >= 0.3 is 0 Å². The summed E-state index contributed by atoms with van der Waals surface area (Å²) in [4.78, 5) is 8.70. The number of unbranched alkanes of at least 4 members (excludes halogenated alkanes) is 5. The van der Waals surface area contributed by atoms with Crippen LogP contribution in [0.4, 0.5) is 8.78 Å². The van der Waals surface area contributed by atoms with Gasteiger partial charge in [0, 0.05) is 12.4 Å². The first-order chi connectivity index (χ1) is 13.1. The highest BCUT2D eigenvalue weighted by molar-refractivity contribution is 5.56. The lowest BCUT2D eigenvalue weighted by Gasteiger charge is -2.07. The van der Waals surface area contributed by atoms with Gasteiger partial charge in [0.1, 0.15) is 5.82 Å². The van der Waals surface area contributed by atoms with Crippen molar-refractivity contribution in [2.75, 3.05) is 0 Å². The van der Waals surface area contributed by atoms with Crippen molar-refractivity contribution in [1.82, 2.24) is 9.97 Å². The van der Waals surface area contributed by atoms with Gasteiger partial charge in [-0.05, 0) is 62.3 Å². The first-order valence-corrected chi connectivity index (χ1v) is 10.3. The Balaban J connectivity index is 1.86. The van der Waals surface area contributed by atoms with Gasteiger partial charge in [-0.15, -0.1) is 0 Å². The molecule has 0 spiro atoms. The molecule has 2 rings (SSSR count). The fraction of sp³-hybridized carbons (Fsp3) is 0.565. The quantitative estimate of drug-likeness (QED) is 0.379. The van der Waals surface area contributed by atoms with Crippen LogP contribution in [0.2, 0.25) is 0 Å². The SMILES string of the molecule is CCCCCCCCc1cnc(-c2ccc(CCCC(C)F)cc2F)nc1. The molecule has 1 unspecified atom stereocenters. The molecule has 0 saturated heterocycles. The molecule has 0 aliphatic rings. The lowest BCUT2D eigenvalue weighted by Crippen LogP contribution is -1.97. The zero-order valence-corrected chi connectivity index (χ0v) is 16.7. The van der Waals surface area contributed by atoms with Crippen LogP contribution in [-0.4, -0.2) is 16.1 Å². The molecule has 0 aliphatic heterocycles. The van der Waals surface area contributed by atoms with E-state index in [-0.39, 0.29) is 5.82 Å². The van der Waals surface area contributed by atoms with Crippen LogP contribution in [0.25, 0.3) is 11.4 Å². The second-order valence-corrected chi connectivity index (χ2v) is 7.42. The van der Waals surface area contributed by atoms with Crippen molar-refractivity contribution >= 4 is 0 Å². The summed E-state index contributed by atoms with van der Waals surface area (Å²) in [6.45, 7) is 3.78. The number of benzene rings is 1. The third-order valence-electron chi connectivity index (χ3n) is 4.87. The molecule has 27 heavy (non-hydrogen) atoms. The molecule has 0 N–H and O–H groups in total. The minimum Gasteiger partial charge on any atom is -0.248 e.